The highest BCUT2D eigenvalue weighted by atomic mass is 32.2. The van der Waals surface area contributed by atoms with Gasteiger partial charge >= 0.3 is 6.01 Å². The number of ether oxygens (including phenoxy) is 2. The molecular formula is C21H22N4O5S. The van der Waals surface area contributed by atoms with E-state index < -0.39 is 10.0 Å². The molecule has 1 aromatic heterocycles. The van der Waals surface area contributed by atoms with Crippen LogP contribution in [0.3, 0.4) is 0 Å². The van der Waals surface area contributed by atoms with Gasteiger partial charge < -0.3 is 14.8 Å². The summed E-state index contributed by atoms with van der Waals surface area (Å²) in [5.74, 6) is -0.0428. The van der Waals surface area contributed by atoms with Gasteiger partial charge in [0.05, 0.1) is 25.5 Å². The number of aromatic nitrogens is 2. The minimum Gasteiger partial charge on any atom is -0.481 e. The van der Waals surface area contributed by atoms with Crippen molar-refractivity contribution in [2.45, 2.75) is 18.2 Å². The summed E-state index contributed by atoms with van der Waals surface area (Å²) < 4.78 is 37.7. The third-order valence-electron chi connectivity index (χ3n) is 4.37. The summed E-state index contributed by atoms with van der Waals surface area (Å²) in [5.41, 5.74) is 2.45. The second-order valence-corrected chi connectivity index (χ2v) is 8.25. The lowest BCUT2D eigenvalue weighted by molar-refractivity contribution is -0.115. The summed E-state index contributed by atoms with van der Waals surface area (Å²) >= 11 is 0. The van der Waals surface area contributed by atoms with Gasteiger partial charge in [0.2, 0.25) is 11.8 Å². The van der Waals surface area contributed by atoms with Gasteiger partial charge in [0.25, 0.3) is 10.0 Å². The van der Waals surface area contributed by atoms with Gasteiger partial charge in [-0.3, -0.25) is 9.52 Å². The van der Waals surface area contributed by atoms with Crippen molar-refractivity contribution < 1.29 is 22.7 Å². The van der Waals surface area contributed by atoms with Gasteiger partial charge in [-0.2, -0.15) is 9.97 Å². The zero-order valence-corrected chi connectivity index (χ0v) is 18.1. The monoisotopic (exact) mass is 442 g/mol. The molecule has 2 N–H and O–H groups in total. The van der Waals surface area contributed by atoms with Crippen molar-refractivity contribution in [1.29, 1.82) is 0 Å². The van der Waals surface area contributed by atoms with Crippen molar-refractivity contribution in [3.05, 3.63) is 65.7 Å². The first-order chi connectivity index (χ1) is 14.8. The zero-order chi connectivity index (χ0) is 22.4. The predicted octanol–water partition coefficient (Wildman–Crippen LogP) is 2.78. The minimum atomic E-state index is -3.93. The van der Waals surface area contributed by atoms with Crippen LogP contribution in [0.2, 0.25) is 0 Å². The Morgan fingerprint density at radius 2 is 1.71 bits per heavy atom. The summed E-state index contributed by atoms with van der Waals surface area (Å²) in [6.07, 6.45) is 0.228. The molecule has 3 rings (SSSR count). The van der Waals surface area contributed by atoms with Crippen LogP contribution < -0.4 is 19.5 Å². The Kier molecular flexibility index (Phi) is 6.71. The zero-order valence-electron chi connectivity index (χ0n) is 17.2. The maximum atomic E-state index is 12.7. The SMILES string of the molecule is COc1cc(NS(=O)(=O)c2ccc(NC(=O)Cc3ccccc3C)cc2)nc(OC)n1. The quantitative estimate of drug-likeness (QED) is 0.550. The van der Waals surface area contributed by atoms with E-state index in [4.69, 9.17) is 9.47 Å². The molecule has 0 aliphatic heterocycles. The molecule has 0 spiro atoms. The summed E-state index contributed by atoms with van der Waals surface area (Å²) in [4.78, 5) is 20.2. The fourth-order valence-corrected chi connectivity index (χ4v) is 3.74. The molecule has 2 aromatic carbocycles. The second kappa shape index (κ2) is 9.43. The number of nitrogens with zero attached hydrogens (tertiary/aromatic N) is 2. The van der Waals surface area contributed by atoms with Gasteiger partial charge in [0, 0.05) is 11.8 Å². The van der Waals surface area contributed by atoms with Gasteiger partial charge in [0.15, 0.2) is 5.82 Å². The van der Waals surface area contributed by atoms with Gasteiger partial charge in [-0.05, 0) is 42.3 Å². The summed E-state index contributed by atoms with van der Waals surface area (Å²) in [6.45, 7) is 1.94. The fourth-order valence-electron chi connectivity index (χ4n) is 2.75. The molecule has 0 radical (unpaired) electrons. The molecule has 0 saturated heterocycles. The molecule has 0 bridgehead atoms. The maximum absolute atomic E-state index is 12.7. The first-order valence-corrected chi connectivity index (χ1v) is 10.7. The highest BCUT2D eigenvalue weighted by Crippen LogP contribution is 2.21. The predicted molar refractivity (Wildman–Crippen MR) is 116 cm³/mol. The van der Waals surface area contributed by atoms with Crippen LogP contribution in [0, 0.1) is 6.92 Å². The molecule has 1 amide bonds. The normalized spacial score (nSPS) is 10.9. The van der Waals surface area contributed by atoms with Crippen LogP contribution in [-0.2, 0) is 21.2 Å². The van der Waals surface area contributed by atoms with Crippen LogP contribution in [0.15, 0.2) is 59.5 Å². The molecule has 1 heterocycles. The number of benzene rings is 2. The van der Waals surface area contributed by atoms with Crippen molar-refractivity contribution >= 4 is 27.4 Å². The number of methoxy groups -OCH3 is 2. The lowest BCUT2D eigenvalue weighted by Crippen LogP contribution is -2.16. The Labute approximate surface area is 180 Å². The fraction of sp³-hybridized carbons (Fsp3) is 0.190. The molecule has 162 valence electrons. The van der Waals surface area contributed by atoms with Crippen molar-refractivity contribution in [3.63, 3.8) is 0 Å². The number of hydrogen-bond acceptors (Lipinski definition) is 7. The van der Waals surface area contributed by atoms with E-state index in [9.17, 15) is 13.2 Å². The van der Waals surface area contributed by atoms with Gasteiger partial charge in [-0.15, -0.1) is 0 Å². The van der Waals surface area contributed by atoms with Crippen molar-refractivity contribution in [2.75, 3.05) is 24.3 Å². The van der Waals surface area contributed by atoms with Crippen molar-refractivity contribution in [2.24, 2.45) is 0 Å². The Bertz CT molecular complexity index is 1160. The molecule has 0 aliphatic carbocycles. The van der Waals surface area contributed by atoms with Gasteiger partial charge in [0.1, 0.15) is 0 Å². The first-order valence-electron chi connectivity index (χ1n) is 9.25. The van der Waals surface area contributed by atoms with E-state index in [1.165, 1.54) is 44.6 Å². The summed E-state index contributed by atoms with van der Waals surface area (Å²) in [5, 5.41) is 2.77. The number of hydrogen-bond donors (Lipinski definition) is 2. The average Bonchev–Trinajstić information content (AvgIpc) is 2.75. The lowest BCUT2D eigenvalue weighted by atomic mass is 10.1. The van der Waals surface area contributed by atoms with Gasteiger partial charge in [-0.25, -0.2) is 8.42 Å². The van der Waals surface area contributed by atoms with Crippen LogP contribution in [-0.4, -0.2) is 38.5 Å². The average molecular weight is 442 g/mol. The number of anilines is 2. The number of sulfonamides is 1. The highest BCUT2D eigenvalue weighted by Gasteiger charge is 2.17. The molecule has 10 heteroatoms. The number of rotatable bonds is 8. The number of carbonyl (C=O) groups excluding carboxylic acids is 1. The molecule has 0 saturated carbocycles. The van der Waals surface area contributed by atoms with E-state index >= 15 is 0 Å². The summed E-state index contributed by atoms with van der Waals surface area (Å²) in [7, 11) is -1.17. The molecule has 9 nitrogen and oxygen atoms in total. The van der Waals surface area contributed by atoms with Crippen LogP contribution in [0.1, 0.15) is 11.1 Å². The third-order valence-corrected chi connectivity index (χ3v) is 5.74. The number of aryl methyl sites for hydroxylation is 1. The van der Waals surface area contributed by atoms with Crippen LogP contribution >= 0.6 is 0 Å². The third kappa shape index (κ3) is 5.70. The van der Waals surface area contributed by atoms with E-state index in [2.05, 4.69) is 20.0 Å². The van der Waals surface area contributed by atoms with Crippen LogP contribution in [0.5, 0.6) is 11.9 Å². The molecule has 0 fully saturated rings. The number of carbonyl (C=O) groups is 1. The van der Waals surface area contributed by atoms with Crippen LogP contribution in [0.25, 0.3) is 0 Å². The van der Waals surface area contributed by atoms with Crippen molar-refractivity contribution in [3.8, 4) is 11.9 Å². The van der Waals surface area contributed by atoms with E-state index in [0.29, 0.717) is 5.69 Å². The number of nitrogens with one attached hydrogen (secondary N) is 2. The molecule has 31 heavy (non-hydrogen) atoms. The first kappa shape index (κ1) is 22.0. The Balaban J connectivity index is 1.70. The largest absolute Gasteiger partial charge is 0.481 e. The molecule has 0 aliphatic rings. The Hall–Kier alpha value is -3.66. The highest BCUT2D eigenvalue weighted by molar-refractivity contribution is 7.92. The van der Waals surface area contributed by atoms with E-state index in [0.717, 1.165) is 11.1 Å². The van der Waals surface area contributed by atoms with E-state index in [1.807, 2.05) is 31.2 Å². The van der Waals surface area contributed by atoms with E-state index in [-0.39, 0.29) is 34.9 Å². The maximum Gasteiger partial charge on any atom is 0.321 e. The second-order valence-electron chi connectivity index (χ2n) is 6.56. The van der Waals surface area contributed by atoms with Gasteiger partial charge in [-0.1, -0.05) is 24.3 Å². The molecule has 3 aromatic rings. The molecule has 0 atom stereocenters. The van der Waals surface area contributed by atoms with Crippen LogP contribution in [0.4, 0.5) is 11.5 Å². The topological polar surface area (TPSA) is 120 Å². The van der Waals surface area contributed by atoms with Crippen molar-refractivity contribution in [1.82, 2.24) is 9.97 Å². The smallest absolute Gasteiger partial charge is 0.321 e. The minimum absolute atomic E-state index is 0.000639. The standard InChI is InChI=1S/C21H22N4O5S/c1-14-6-4-5-7-15(14)12-19(26)22-16-8-10-17(11-9-16)31(27,28)25-18-13-20(29-2)24-21(23-18)30-3/h4-11,13H,12H2,1-3H3,(H,22,26)(H,23,24,25). The summed E-state index contributed by atoms with van der Waals surface area (Å²) in [6, 6.07) is 14.7. The molecule has 0 unspecified atom stereocenters. The Morgan fingerprint density at radius 1 is 1.00 bits per heavy atom. The lowest BCUT2D eigenvalue weighted by Gasteiger charge is -2.11. The number of amides is 1. The van der Waals surface area contributed by atoms with E-state index in [1.54, 1.807) is 0 Å². The Morgan fingerprint density at radius 3 is 2.35 bits per heavy atom. The molecular weight excluding hydrogens is 420 g/mol.